The standard InChI is InChI=1S/C12H14BrN3S/c13-10-4-9(7-15-8-10)5-11(16-14)6-12-2-1-3-17-12/h1-4,7-8,11,16H,5-6,14H2. The topological polar surface area (TPSA) is 50.9 Å². The van der Waals surface area contributed by atoms with Crippen molar-refractivity contribution in [2.45, 2.75) is 18.9 Å². The second kappa shape index (κ2) is 6.26. The Morgan fingerprint density at radius 1 is 1.41 bits per heavy atom. The highest BCUT2D eigenvalue weighted by Crippen LogP contribution is 2.15. The lowest BCUT2D eigenvalue weighted by Gasteiger charge is -2.14. The van der Waals surface area contributed by atoms with Crippen LogP contribution in [0.2, 0.25) is 0 Å². The summed E-state index contributed by atoms with van der Waals surface area (Å²) in [5.41, 5.74) is 4.05. The van der Waals surface area contributed by atoms with Gasteiger partial charge in [-0.05, 0) is 51.8 Å². The Kier molecular flexibility index (Phi) is 4.67. The molecule has 0 aliphatic heterocycles. The summed E-state index contributed by atoms with van der Waals surface area (Å²) in [7, 11) is 0. The first-order valence-corrected chi connectivity index (χ1v) is 7.03. The monoisotopic (exact) mass is 311 g/mol. The Hall–Kier alpha value is -0.750. The Labute approximate surface area is 113 Å². The molecule has 0 saturated heterocycles. The summed E-state index contributed by atoms with van der Waals surface area (Å²) in [6, 6.07) is 6.51. The van der Waals surface area contributed by atoms with Gasteiger partial charge in [0.15, 0.2) is 0 Å². The quantitative estimate of drug-likeness (QED) is 0.659. The van der Waals surface area contributed by atoms with E-state index in [4.69, 9.17) is 5.84 Å². The molecule has 2 aromatic heterocycles. The van der Waals surface area contributed by atoms with E-state index in [9.17, 15) is 0 Å². The number of hydrogen-bond donors (Lipinski definition) is 2. The molecule has 0 aromatic carbocycles. The molecule has 0 saturated carbocycles. The van der Waals surface area contributed by atoms with E-state index in [2.05, 4.69) is 49.9 Å². The first kappa shape index (κ1) is 12.7. The third-order valence-electron chi connectivity index (χ3n) is 2.51. The fraction of sp³-hybridized carbons (Fsp3) is 0.250. The minimum Gasteiger partial charge on any atom is -0.271 e. The lowest BCUT2D eigenvalue weighted by atomic mass is 10.0. The van der Waals surface area contributed by atoms with Crippen molar-refractivity contribution in [3.63, 3.8) is 0 Å². The van der Waals surface area contributed by atoms with Crippen molar-refractivity contribution in [1.29, 1.82) is 0 Å². The number of hydrogen-bond acceptors (Lipinski definition) is 4. The van der Waals surface area contributed by atoms with Crippen molar-refractivity contribution < 1.29 is 0 Å². The van der Waals surface area contributed by atoms with Gasteiger partial charge < -0.3 is 0 Å². The third kappa shape index (κ3) is 3.89. The average Bonchev–Trinajstić information content (AvgIpc) is 2.81. The van der Waals surface area contributed by atoms with Crippen LogP contribution in [0.25, 0.3) is 0 Å². The molecular formula is C12H14BrN3S. The maximum atomic E-state index is 5.60. The van der Waals surface area contributed by atoms with Crippen molar-refractivity contribution >= 4 is 27.3 Å². The van der Waals surface area contributed by atoms with Crippen LogP contribution in [0.1, 0.15) is 10.4 Å². The Bertz CT molecular complexity index is 459. The van der Waals surface area contributed by atoms with E-state index >= 15 is 0 Å². The van der Waals surface area contributed by atoms with Crippen molar-refractivity contribution in [1.82, 2.24) is 10.4 Å². The number of halogens is 1. The van der Waals surface area contributed by atoms with E-state index in [0.29, 0.717) is 0 Å². The van der Waals surface area contributed by atoms with Crippen LogP contribution in [-0.4, -0.2) is 11.0 Å². The molecule has 2 rings (SSSR count). The smallest absolute Gasteiger partial charge is 0.0410 e. The molecule has 0 aliphatic rings. The molecular weight excluding hydrogens is 298 g/mol. The van der Waals surface area contributed by atoms with Crippen LogP contribution < -0.4 is 11.3 Å². The lowest BCUT2D eigenvalue weighted by molar-refractivity contribution is 0.525. The molecule has 17 heavy (non-hydrogen) atoms. The van der Waals surface area contributed by atoms with Gasteiger partial charge in [0.2, 0.25) is 0 Å². The van der Waals surface area contributed by atoms with Crippen LogP contribution in [0.3, 0.4) is 0 Å². The van der Waals surface area contributed by atoms with Gasteiger partial charge in [-0.2, -0.15) is 0 Å². The molecule has 0 fully saturated rings. The minimum atomic E-state index is 0.241. The number of rotatable bonds is 5. The summed E-state index contributed by atoms with van der Waals surface area (Å²) < 4.78 is 1.00. The molecule has 5 heteroatoms. The maximum absolute atomic E-state index is 5.60. The van der Waals surface area contributed by atoms with Gasteiger partial charge in [-0.15, -0.1) is 11.3 Å². The number of nitrogens with zero attached hydrogens (tertiary/aromatic N) is 1. The number of thiophene rings is 1. The van der Waals surface area contributed by atoms with E-state index < -0.39 is 0 Å². The van der Waals surface area contributed by atoms with Crippen LogP contribution in [0.15, 0.2) is 40.4 Å². The second-order valence-electron chi connectivity index (χ2n) is 3.86. The van der Waals surface area contributed by atoms with Crippen molar-refractivity contribution in [3.05, 3.63) is 50.9 Å². The number of nitrogens with one attached hydrogen (secondary N) is 1. The van der Waals surface area contributed by atoms with Crippen molar-refractivity contribution in [3.8, 4) is 0 Å². The molecule has 0 aliphatic carbocycles. The lowest BCUT2D eigenvalue weighted by Crippen LogP contribution is -2.38. The van der Waals surface area contributed by atoms with Gasteiger partial charge in [0.05, 0.1) is 0 Å². The van der Waals surface area contributed by atoms with Crippen LogP contribution in [0.5, 0.6) is 0 Å². The van der Waals surface area contributed by atoms with E-state index in [1.54, 1.807) is 17.5 Å². The second-order valence-corrected chi connectivity index (χ2v) is 5.81. The number of hydrazine groups is 1. The van der Waals surface area contributed by atoms with E-state index in [1.165, 1.54) is 10.4 Å². The van der Waals surface area contributed by atoms with Crippen LogP contribution in [0.4, 0.5) is 0 Å². The Morgan fingerprint density at radius 2 is 2.29 bits per heavy atom. The minimum absolute atomic E-state index is 0.241. The number of nitrogens with two attached hydrogens (primary N) is 1. The van der Waals surface area contributed by atoms with E-state index in [0.717, 1.165) is 17.3 Å². The zero-order valence-electron chi connectivity index (χ0n) is 9.27. The highest BCUT2D eigenvalue weighted by molar-refractivity contribution is 9.10. The highest BCUT2D eigenvalue weighted by atomic mass is 79.9. The Morgan fingerprint density at radius 3 is 2.94 bits per heavy atom. The third-order valence-corrected chi connectivity index (χ3v) is 3.84. The van der Waals surface area contributed by atoms with Crippen LogP contribution >= 0.6 is 27.3 Å². The molecule has 1 unspecified atom stereocenters. The van der Waals surface area contributed by atoms with Crippen LogP contribution in [-0.2, 0) is 12.8 Å². The summed E-state index contributed by atoms with van der Waals surface area (Å²) in [4.78, 5) is 5.50. The molecule has 1 atom stereocenters. The van der Waals surface area contributed by atoms with Crippen molar-refractivity contribution in [2.24, 2.45) is 5.84 Å². The van der Waals surface area contributed by atoms with Crippen LogP contribution in [0, 0.1) is 0 Å². The predicted molar refractivity (Wildman–Crippen MR) is 74.8 cm³/mol. The summed E-state index contributed by atoms with van der Waals surface area (Å²) in [6.07, 6.45) is 5.48. The van der Waals surface area contributed by atoms with E-state index in [1.807, 2.05) is 6.20 Å². The highest BCUT2D eigenvalue weighted by Gasteiger charge is 2.10. The first-order chi connectivity index (χ1) is 8.28. The first-order valence-electron chi connectivity index (χ1n) is 5.36. The molecule has 2 heterocycles. The molecule has 3 nitrogen and oxygen atoms in total. The van der Waals surface area contributed by atoms with Gasteiger partial charge in [0.25, 0.3) is 0 Å². The fourth-order valence-corrected chi connectivity index (χ4v) is 2.91. The molecule has 0 bridgehead atoms. The molecule has 2 aromatic rings. The van der Waals surface area contributed by atoms with Gasteiger partial charge in [-0.3, -0.25) is 16.3 Å². The largest absolute Gasteiger partial charge is 0.271 e. The fourth-order valence-electron chi connectivity index (χ4n) is 1.71. The van der Waals surface area contributed by atoms with Gasteiger partial charge >= 0.3 is 0 Å². The molecule has 3 N–H and O–H groups in total. The van der Waals surface area contributed by atoms with Gasteiger partial charge in [0.1, 0.15) is 0 Å². The van der Waals surface area contributed by atoms with Crippen molar-refractivity contribution in [2.75, 3.05) is 0 Å². The predicted octanol–water partition coefficient (Wildman–Crippen LogP) is 2.52. The number of aromatic nitrogens is 1. The zero-order valence-corrected chi connectivity index (χ0v) is 11.7. The van der Waals surface area contributed by atoms with Gasteiger partial charge in [-0.1, -0.05) is 6.07 Å². The maximum Gasteiger partial charge on any atom is 0.0410 e. The number of pyridine rings is 1. The van der Waals surface area contributed by atoms with Gasteiger partial charge in [0, 0.05) is 27.8 Å². The molecule has 90 valence electrons. The summed E-state index contributed by atoms with van der Waals surface area (Å²) in [6.45, 7) is 0. The molecule has 0 spiro atoms. The van der Waals surface area contributed by atoms with E-state index in [-0.39, 0.29) is 6.04 Å². The SMILES string of the molecule is NNC(Cc1cncc(Br)c1)Cc1cccs1. The average molecular weight is 312 g/mol. The normalized spacial score (nSPS) is 12.6. The van der Waals surface area contributed by atoms with Gasteiger partial charge in [-0.25, -0.2) is 0 Å². The summed E-state index contributed by atoms with van der Waals surface area (Å²) >= 11 is 5.18. The zero-order chi connectivity index (χ0) is 12.1. The Balaban J connectivity index is 2.00. The molecule has 0 radical (unpaired) electrons. The summed E-state index contributed by atoms with van der Waals surface area (Å²) in [5, 5.41) is 2.09. The molecule has 0 amide bonds. The summed E-state index contributed by atoms with van der Waals surface area (Å²) in [5.74, 6) is 5.60.